The molecule has 1 aromatic carbocycles. The number of ether oxygens (including phenoxy) is 1. The van der Waals surface area contributed by atoms with E-state index in [9.17, 15) is 18.0 Å². The van der Waals surface area contributed by atoms with Crippen LogP contribution in [0, 0.1) is 0 Å². The Morgan fingerprint density at radius 3 is 2.45 bits per heavy atom. The highest BCUT2D eigenvalue weighted by atomic mass is 35.5. The number of sulfonamides is 1. The van der Waals surface area contributed by atoms with Crippen LogP contribution >= 0.6 is 11.6 Å². The summed E-state index contributed by atoms with van der Waals surface area (Å²) >= 11 is 5.88. The second-order valence-corrected chi connectivity index (χ2v) is 10.0. The first-order valence-corrected chi connectivity index (χ1v) is 11.6. The highest BCUT2D eigenvalue weighted by Crippen LogP contribution is 2.41. The van der Waals surface area contributed by atoms with Gasteiger partial charge in [0.15, 0.2) is 0 Å². The molecule has 9 heteroatoms. The van der Waals surface area contributed by atoms with Gasteiger partial charge < -0.3 is 10.1 Å². The van der Waals surface area contributed by atoms with Crippen molar-refractivity contribution in [1.82, 2.24) is 9.62 Å². The fourth-order valence-corrected chi connectivity index (χ4v) is 5.08. The summed E-state index contributed by atoms with van der Waals surface area (Å²) in [4.78, 5) is 25.1. The number of piperidine rings is 1. The van der Waals surface area contributed by atoms with Crippen LogP contribution in [0.2, 0.25) is 5.02 Å². The van der Waals surface area contributed by atoms with E-state index in [0.717, 1.165) is 5.56 Å². The fraction of sp³-hybridized carbons (Fsp3) is 0.500. The minimum absolute atomic E-state index is 0.0205. The van der Waals surface area contributed by atoms with Gasteiger partial charge in [0.25, 0.3) is 5.91 Å². The largest absolute Gasteiger partial charge is 0.450 e. The predicted octanol–water partition coefficient (Wildman–Crippen LogP) is 2.06. The van der Waals surface area contributed by atoms with Crippen molar-refractivity contribution < 1.29 is 22.7 Å². The number of esters is 1. The van der Waals surface area contributed by atoms with Crippen molar-refractivity contribution in [2.45, 2.75) is 38.7 Å². The normalized spacial score (nSPS) is 19.5. The lowest BCUT2D eigenvalue weighted by atomic mass is 9.83. The first-order chi connectivity index (χ1) is 13.7. The molecule has 0 atom stereocenters. The monoisotopic (exact) mass is 440 g/mol. The lowest BCUT2D eigenvalue weighted by Crippen LogP contribution is -2.50. The molecule has 1 amide bonds. The maximum Gasteiger partial charge on any atom is 0.335 e. The Hall–Kier alpha value is -1.90. The summed E-state index contributed by atoms with van der Waals surface area (Å²) in [6.45, 7) is 4.02. The summed E-state index contributed by atoms with van der Waals surface area (Å²) in [6, 6.07) is 7.38. The lowest BCUT2D eigenvalue weighted by molar-refractivity contribution is -0.150. The van der Waals surface area contributed by atoms with Gasteiger partial charge in [-0.1, -0.05) is 23.7 Å². The number of benzene rings is 1. The van der Waals surface area contributed by atoms with Crippen molar-refractivity contribution in [2.24, 2.45) is 0 Å². The van der Waals surface area contributed by atoms with Gasteiger partial charge in [0.1, 0.15) is 5.60 Å². The maximum atomic E-state index is 12.9. The zero-order valence-electron chi connectivity index (χ0n) is 16.5. The van der Waals surface area contributed by atoms with Crippen molar-refractivity contribution >= 4 is 33.5 Å². The number of rotatable bonds is 6. The van der Waals surface area contributed by atoms with Crippen LogP contribution in [0.25, 0.3) is 0 Å². The van der Waals surface area contributed by atoms with Crippen molar-refractivity contribution in [3.8, 4) is 0 Å². The number of carbonyl (C=O) groups excluding carboxylic acids is 2. The van der Waals surface area contributed by atoms with E-state index in [-0.39, 0.29) is 37.6 Å². The first-order valence-electron chi connectivity index (χ1n) is 9.64. The number of carbonyl (C=O) groups is 2. The second kappa shape index (κ2) is 8.45. The van der Waals surface area contributed by atoms with Crippen LogP contribution < -0.4 is 5.32 Å². The van der Waals surface area contributed by atoms with Crippen molar-refractivity contribution in [3.63, 3.8) is 0 Å². The fourth-order valence-electron chi connectivity index (χ4n) is 3.85. The Balaban J connectivity index is 1.68. The number of hydrogen-bond acceptors (Lipinski definition) is 5. The van der Waals surface area contributed by atoms with E-state index in [1.807, 2.05) is 12.1 Å². The molecule has 1 N–H and O–H groups in total. The molecule has 0 aromatic heterocycles. The number of hydrogen-bond donors (Lipinski definition) is 1. The van der Waals surface area contributed by atoms with E-state index >= 15 is 0 Å². The third-order valence-electron chi connectivity index (χ3n) is 5.55. The second-order valence-electron chi connectivity index (χ2n) is 7.32. The molecule has 158 valence electrons. The first kappa shape index (κ1) is 21.8. The van der Waals surface area contributed by atoms with Gasteiger partial charge >= 0.3 is 5.97 Å². The highest BCUT2D eigenvalue weighted by Gasteiger charge is 2.51. The lowest BCUT2D eigenvalue weighted by Gasteiger charge is -2.38. The third-order valence-corrected chi connectivity index (χ3v) is 7.69. The Morgan fingerprint density at radius 1 is 1.24 bits per heavy atom. The summed E-state index contributed by atoms with van der Waals surface area (Å²) in [6.07, 6.45) is 1.17. The Kier molecular flexibility index (Phi) is 6.36. The van der Waals surface area contributed by atoms with E-state index < -0.39 is 21.6 Å². The minimum atomic E-state index is -3.31. The summed E-state index contributed by atoms with van der Waals surface area (Å²) in [5.74, 6) is -0.832. The molecule has 7 nitrogen and oxygen atoms in total. The molecule has 0 saturated carbocycles. The van der Waals surface area contributed by atoms with Gasteiger partial charge in [0.05, 0.1) is 11.3 Å². The Morgan fingerprint density at radius 2 is 1.86 bits per heavy atom. The smallest absolute Gasteiger partial charge is 0.335 e. The molecule has 0 unspecified atom stereocenters. The SMILES string of the molecule is CCS(=O)(=O)N1CCC2(CC1)OC(=O)C(C)=C2C(=O)NCCc1ccc(Cl)cc1. The van der Waals surface area contributed by atoms with Crippen LogP contribution in [0.4, 0.5) is 0 Å². The van der Waals surface area contributed by atoms with Crippen LogP contribution in [0.1, 0.15) is 32.3 Å². The van der Waals surface area contributed by atoms with Gasteiger partial charge in [-0.05, 0) is 38.0 Å². The molecule has 2 aliphatic rings. The summed E-state index contributed by atoms with van der Waals surface area (Å²) < 4.78 is 31.2. The van der Waals surface area contributed by atoms with E-state index in [0.29, 0.717) is 29.1 Å². The van der Waals surface area contributed by atoms with Crippen molar-refractivity contribution in [3.05, 3.63) is 46.0 Å². The van der Waals surface area contributed by atoms with Gasteiger partial charge in [-0.25, -0.2) is 17.5 Å². The Labute approximate surface area is 176 Å². The summed E-state index contributed by atoms with van der Waals surface area (Å²) in [5, 5.41) is 3.52. The van der Waals surface area contributed by atoms with Crippen LogP contribution in [0.15, 0.2) is 35.4 Å². The van der Waals surface area contributed by atoms with E-state index in [2.05, 4.69) is 5.32 Å². The molecule has 0 aliphatic carbocycles. The minimum Gasteiger partial charge on any atom is -0.450 e. The summed E-state index contributed by atoms with van der Waals surface area (Å²) in [5.41, 5.74) is 0.602. The average molecular weight is 441 g/mol. The zero-order valence-corrected chi connectivity index (χ0v) is 18.1. The van der Waals surface area contributed by atoms with Gasteiger partial charge in [0, 0.05) is 43.1 Å². The summed E-state index contributed by atoms with van der Waals surface area (Å²) in [7, 11) is -3.31. The molecule has 29 heavy (non-hydrogen) atoms. The predicted molar refractivity (Wildman–Crippen MR) is 110 cm³/mol. The molecule has 0 bridgehead atoms. The molecule has 1 fully saturated rings. The van der Waals surface area contributed by atoms with Gasteiger partial charge in [-0.3, -0.25) is 4.79 Å². The Bertz CT molecular complexity index is 932. The van der Waals surface area contributed by atoms with E-state index in [4.69, 9.17) is 16.3 Å². The van der Waals surface area contributed by atoms with Crippen LogP contribution in [-0.4, -0.2) is 55.6 Å². The zero-order chi connectivity index (χ0) is 21.2. The number of nitrogens with one attached hydrogen (secondary N) is 1. The number of nitrogens with zero attached hydrogens (tertiary/aromatic N) is 1. The van der Waals surface area contributed by atoms with Gasteiger partial charge in [0.2, 0.25) is 10.0 Å². The molecule has 2 aliphatic heterocycles. The molecular weight excluding hydrogens is 416 g/mol. The molecule has 2 heterocycles. The van der Waals surface area contributed by atoms with Crippen molar-refractivity contribution in [1.29, 1.82) is 0 Å². The molecule has 1 saturated heterocycles. The van der Waals surface area contributed by atoms with Crippen LogP contribution in [0.3, 0.4) is 0 Å². The quantitative estimate of drug-likeness (QED) is 0.683. The number of amides is 1. The maximum absolute atomic E-state index is 12.9. The molecule has 3 rings (SSSR count). The van der Waals surface area contributed by atoms with E-state index in [1.165, 1.54) is 4.31 Å². The van der Waals surface area contributed by atoms with Gasteiger partial charge in [-0.15, -0.1) is 0 Å². The van der Waals surface area contributed by atoms with E-state index in [1.54, 1.807) is 26.0 Å². The molecular formula is C20H25ClN2O5S. The average Bonchev–Trinajstić information content (AvgIpc) is 2.93. The third kappa shape index (κ3) is 4.49. The molecule has 1 spiro atoms. The molecule has 1 aromatic rings. The van der Waals surface area contributed by atoms with Gasteiger partial charge in [-0.2, -0.15) is 0 Å². The molecule has 0 radical (unpaired) electrons. The van der Waals surface area contributed by atoms with Crippen molar-refractivity contribution in [2.75, 3.05) is 25.4 Å². The van der Waals surface area contributed by atoms with Crippen LogP contribution in [0.5, 0.6) is 0 Å². The standard InChI is InChI=1S/C20H25ClN2O5S/c1-3-29(26,27)23-12-9-20(10-13-23)17(14(2)19(25)28-20)18(24)22-11-8-15-4-6-16(21)7-5-15/h4-7H,3,8-13H2,1-2H3,(H,22,24). The highest BCUT2D eigenvalue weighted by molar-refractivity contribution is 7.89. The topological polar surface area (TPSA) is 92.8 Å². The number of halogens is 1. The van der Waals surface area contributed by atoms with Crippen LogP contribution in [-0.2, 0) is 30.8 Å².